The van der Waals surface area contributed by atoms with Crippen LogP contribution in [0.5, 0.6) is 5.75 Å². The molecule has 0 saturated carbocycles. The van der Waals surface area contributed by atoms with Gasteiger partial charge in [-0.3, -0.25) is 5.43 Å². The molecule has 1 aromatic carbocycles. The highest BCUT2D eigenvalue weighted by molar-refractivity contribution is 7.92. The van der Waals surface area contributed by atoms with Gasteiger partial charge in [0.2, 0.25) is 9.84 Å². The number of hydrogen-bond acceptors (Lipinski definition) is 9. The quantitative estimate of drug-likeness (QED) is 0.552. The number of benzene rings is 1. The van der Waals surface area contributed by atoms with Gasteiger partial charge in [-0.15, -0.1) is 13.2 Å². The topological polar surface area (TPSA) is 128 Å². The molecule has 1 heterocycles. The first-order valence-corrected chi connectivity index (χ1v) is 9.66. The van der Waals surface area contributed by atoms with E-state index in [1.165, 1.54) is 12.1 Å². The second kappa shape index (κ2) is 8.24. The molecule has 0 bridgehead atoms. The number of anilines is 1. The van der Waals surface area contributed by atoms with Crippen molar-refractivity contribution in [2.45, 2.75) is 18.3 Å². The molecule has 0 unspecified atom stereocenters. The molecule has 0 aliphatic rings. The zero-order valence-electron chi connectivity index (χ0n) is 14.0. The van der Waals surface area contributed by atoms with E-state index in [1.807, 2.05) is 0 Å². The first-order chi connectivity index (χ1) is 13.1. The SMILES string of the molecule is Cc1snc(S(=O)(=O)C/C(C#N)=N\Nc2ccc(OC(F)(F)F)cc2)c1C#N. The lowest BCUT2D eigenvalue weighted by atomic mass is 10.3. The van der Waals surface area contributed by atoms with Crippen LogP contribution in [0, 0.1) is 29.6 Å². The average molecular weight is 429 g/mol. The lowest BCUT2D eigenvalue weighted by molar-refractivity contribution is -0.274. The van der Waals surface area contributed by atoms with E-state index in [1.54, 1.807) is 19.1 Å². The standard InChI is InChI=1S/C15H10F3N5O3S2/c1-9-13(7-20)14(23-27-9)28(24,25)8-11(6-19)22-21-10-2-4-12(5-3-10)26-15(16,17)18/h2-5,21H,8H2,1H3/b22-11-. The fourth-order valence-electron chi connectivity index (χ4n) is 1.89. The Morgan fingerprint density at radius 1 is 1.32 bits per heavy atom. The maximum absolute atomic E-state index is 12.4. The normalized spacial score (nSPS) is 12.1. The fraction of sp³-hybridized carbons (Fsp3) is 0.200. The van der Waals surface area contributed by atoms with Gasteiger partial charge in [-0.2, -0.15) is 20.0 Å². The molecule has 0 saturated heterocycles. The minimum Gasteiger partial charge on any atom is -0.406 e. The van der Waals surface area contributed by atoms with Crippen molar-refractivity contribution >= 4 is 32.8 Å². The minimum absolute atomic E-state index is 0.0875. The number of nitrogens with zero attached hydrogens (tertiary/aromatic N) is 4. The Hall–Kier alpha value is -3.16. The van der Waals surface area contributed by atoms with Crippen molar-refractivity contribution in [3.05, 3.63) is 34.7 Å². The van der Waals surface area contributed by atoms with Crippen molar-refractivity contribution in [1.82, 2.24) is 4.37 Å². The number of aryl methyl sites for hydroxylation is 1. The van der Waals surface area contributed by atoms with Crippen molar-refractivity contribution in [3.8, 4) is 17.9 Å². The summed E-state index contributed by atoms with van der Waals surface area (Å²) in [6, 6.07) is 7.81. The third kappa shape index (κ3) is 5.42. The first-order valence-electron chi connectivity index (χ1n) is 7.23. The molecule has 13 heteroatoms. The van der Waals surface area contributed by atoms with Crippen molar-refractivity contribution in [2.75, 3.05) is 11.2 Å². The van der Waals surface area contributed by atoms with Crippen LogP contribution in [0.4, 0.5) is 18.9 Å². The van der Waals surface area contributed by atoms with Crippen molar-refractivity contribution < 1.29 is 26.3 Å². The van der Waals surface area contributed by atoms with Crippen LogP contribution in [-0.2, 0) is 9.84 Å². The van der Waals surface area contributed by atoms with E-state index in [0.717, 1.165) is 23.7 Å². The number of nitriles is 2. The number of nitrogens with one attached hydrogen (secondary N) is 1. The highest BCUT2D eigenvalue weighted by atomic mass is 32.2. The molecule has 1 aromatic heterocycles. The summed E-state index contributed by atoms with van der Waals surface area (Å²) in [5.74, 6) is -1.25. The van der Waals surface area contributed by atoms with Crippen LogP contribution >= 0.6 is 11.5 Å². The van der Waals surface area contributed by atoms with Gasteiger partial charge in [-0.1, -0.05) is 0 Å². The van der Waals surface area contributed by atoms with E-state index in [0.29, 0.717) is 4.88 Å². The van der Waals surface area contributed by atoms with E-state index in [2.05, 4.69) is 19.6 Å². The Morgan fingerprint density at radius 3 is 2.50 bits per heavy atom. The number of hydrogen-bond donors (Lipinski definition) is 1. The van der Waals surface area contributed by atoms with Crippen LogP contribution in [0.1, 0.15) is 10.4 Å². The Balaban J connectivity index is 2.14. The molecular formula is C15H10F3N5O3S2. The van der Waals surface area contributed by atoms with E-state index in [4.69, 9.17) is 10.5 Å². The molecule has 0 atom stereocenters. The smallest absolute Gasteiger partial charge is 0.406 e. The third-order valence-electron chi connectivity index (χ3n) is 3.10. The molecule has 8 nitrogen and oxygen atoms in total. The Bertz CT molecular complexity index is 1080. The summed E-state index contributed by atoms with van der Waals surface area (Å²) >= 11 is 0.851. The predicted molar refractivity (Wildman–Crippen MR) is 93.4 cm³/mol. The van der Waals surface area contributed by atoms with Crippen LogP contribution in [0.25, 0.3) is 0 Å². The van der Waals surface area contributed by atoms with Crippen LogP contribution in [-0.4, -0.2) is 30.6 Å². The molecule has 0 amide bonds. The lowest BCUT2D eigenvalue weighted by Crippen LogP contribution is -2.17. The molecule has 0 fully saturated rings. The second-order valence-corrected chi connectivity index (χ2v) is 8.03. The molecule has 0 spiro atoms. The molecule has 28 heavy (non-hydrogen) atoms. The van der Waals surface area contributed by atoms with Crippen LogP contribution < -0.4 is 10.2 Å². The molecule has 0 aliphatic heterocycles. The molecule has 2 aromatic rings. The summed E-state index contributed by atoms with van der Waals surface area (Å²) in [4.78, 5) is 0.427. The third-order valence-corrected chi connectivity index (χ3v) is 5.51. The van der Waals surface area contributed by atoms with E-state index < -0.39 is 38.4 Å². The van der Waals surface area contributed by atoms with Crippen LogP contribution in [0.3, 0.4) is 0 Å². The summed E-state index contributed by atoms with van der Waals surface area (Å²) in [6.45, 7) is 1.54. The maximum Gasteiger partial charge on any atom is 0.573 e. The van der Waals surface area contributed by atoms with Gasteiger partial charge in [0.1, 0.15) is 29.2 Å². The van der Waals surface area contributed by atoms with Crippen molar-refractivity contribution in [3.63, 3.8) is 0 Å². The number of sulfone groups is 1. The van der Waals surface area contributed by atoms with Crippen molar-refractivity contribution in [1.29, 1.82) is 10.5 Å². The summed E-state index contributed by atoms with van der Waals surface area (Å²) in [6.07, 6.45) is -4.83. The monoisotopic (exact) mass is 429 g/mol. The molecule has 1 N–H and O–H groups in total. The van der Waals surface area contributed by atoms with E-state index >= 15 is 0 Å². The van der Waals surface area contributed by atoms with Crippen molar-refractivity contribution in [2.24, 2.45) is 5.10 Å². The van der Waals surface area contributed by atoms with Gasteiger partial charge in [-0.05, 0) is 42.7 Å². The largest absolute Gasteiger partial charge is 0.573 e. The van der Waals surface area contributed by atoms with Crippen LogP contribution in [0.15, 0.2) is 34.4 Å². The van der Waals surface area contributed by atoms with Gasteiger partial charge in [0.15, 0.2) is 10.7 Å². The number of alkyl halides is 3. The van der Waals surface area contributed by atoms with E-state index in [-0.39, 0.29) is 11.3 Å². The number of rotatable bonds is 6. The average Bonchev–Trinajstić information content (AvgIpc) is 3.00. The second-order valence-electron chi connectivity index (χ2n) is 5.14. The zero-order chi connectivity index (χ0) is 20.9. The number of aromatic nitrogens is 1. The molecule has 2 rings (SSSR count). The van der Waals surface area contributed by atoms with Gasteiger partial charge in [0.25, 0.3) is 0 Å². The van der Waals surface area contributed by atoms with Gasteiger partial charge in [0.05, 0.1) is 5.69 Å². The number of ether oxygens (including phenoxy) is 1. The first kappa shape index (κ1) is 21.1. The molecular weight excluding hydrogens is 419 g/mol. The van der Waals surface area contributed by atoms with E-state index in [9.17, 15) is 21.6 Å². The molecule has 0 radical (unpaired) electrons. The minimum atomic E-state index is -4.83. The summed E-state index contributed by atoms with van der Waals surface area (Å²) < 4.78 is 68.6. The number of halogens is 3. The van der Waals surface area contributed by atoms with Gasteiger partial charge >= 0.3 is 6.36 Å². The lowest BCUT2D eigenvalue weighted by Gasteiger charge is -2.09. The fourth-order valence-corrected chi connectivity index (χ4v) is 4.20. The van der Waals surface area contributed by atoms with Gasteiger partial charge in [0, 0.05) is 4.88 Å². The summed E-state index contributed by atoms with van der Waals surface area (Å²) in [7, 11) is -4.09. The highest BCUT2D eigenvalue weighted by Crippen LogP contribution is 2.24. The zero-order valence-corrected chi connectivity index (χ0v) is 15.6. The molecule has 0 aliphatic carbocycles. The summed E-state index contributed by atoms with van der Waals surface area (Å²) in [5.41, 5.74) is 2.06. The summed E-state index contributed by atoms with van der Waals surface area (Å²) in [5, 5.41) is 21.4. The Morgan fingerprint density at radius 2 is 1.96 bits per heavy atom. The van der Waals surface area contributed by atoms with Gasteiger partial charge in [-0.25, -0.2) is 8.42 Å². The molecule has 146 valence electrons. The maximum atomic E-state index is 12.4. The Labute approximate surface area is 161 Å². The van der Waals surface area contributed by atoms with Crippen LogP contribution in [0.2, 0.25) is 0 Å². The van der Waals surface area contributed by atoms with Gasteiger partial charge < -0.3 is 4.74 Å². The number of hydrazone groups is 1. The predicted octanol–water partition coefficient (Wildman–Crippen LogP) is 2.99. The Kier molecular flexibility index (Phi) is 6.23. The highest BCUT2D eigenvalue weighted by Gasteiger charge is 2.31.